The molecule has 128 valence electrons. The Kier molecular flexibility index (Phi) is 6.24. The van der Waals surface area contributed by atoms with Crippen molar-refractivity contribution in [3.63, 3.8) is 0 Å². The largest absolute Gasteiger partial charge is 0.494 e. The predicted molar refractivity (Wildman–Crippen MR) is 97.1 cm³/mol. The number of carbonyl (C=O) groups is 1. The second-order valence-corrected chi connectivity index (χ2v) is 6.17. The minimum atomic E-state index is -0.375. The SMILES string of the molecule is CNc1ccc(OC(=O)c2ccc(OCCC(C)C)cc2)cc1C. The molecule has 0 aliphatic carbocycles. The number of rotatable bonds is 7. The van der Waals surface area contributed by atoms with Crippen molar-refractivity contribution in [2.75, 3.05) is 19.0 Å². The first kappa shape index (κ1) is 17.9. The summed E-state index contributed by atoms with van der Waals surface area (Å²) in [7, 11) is 1.86. The van der Waals surface area contributed by atoms with Gasteiger partial charge in [-0.15, -0.1) is 0 Å². The number of ether oxygens (including phenoxy) is 2. The Morgan fingerprint density at radius 3 is 2.33 bits per heavy atom. The first-order chi connectivity index (χ1) is 11.5. The highest BCUT2D eigenvalue weighted by atomic mass is 16.5. The van der Waals surface area contributed by atoms with Crippen molar-refractivity contribution < 1.29 is 14.3 Å². The summed E-state index contributed by atoms with van der Waals surface area (Å²) < 4.78 is 11.1. The third-order valence-corrected chi connectivity index (χ3v) is 3.73. The molecule has 24 heavy (non-hydrogen) atoms. The number of carbonyl (C=O) groups excluding carboxylic acids is 1. The Balaban J connectivity index is 1.96. The van der Waals surface area contributed by atoms with Crippen LogP contribution >= 0.6 is 0 Å². The van der Waals surface area contributed by atoms with Crippen molar-refractivity contribution in [1.29, 1.82) is 0 Å². The minimum Gasteiger partial charge on any atom is -0.494 e. The van der Waals surface area contributed by atoms with Gasteiger partial charge in [0.15, 0.2) is 0 Å². The summed E-state index contributed by atoms with van der Waals surface area (Å²) >= 11 is 0. The molecule has 0 radical (unpaired) electrons. The quantitative estimate of drug-likeness (QED) is 0.592. The molecule has 1 N–H and O–H groups in total. The number of nitrogens with one attached hydrogen (secondary N) is 1. The van der Waals surface area contributed by atoms with Gasteiger partial charge in [0.05, 0.1) is 12.2 Å². The number of benzene rings is 2. The number of esters is 1. The molecule has 0 saturated heterocycles. The van der Waals surface area contributed by atoms with E-state index in [1.54, 1.807) is 30.3 Å². The van der Waals surface area contributed by atoms with E-state index in [9.17, 15) is 4.79 Å². The number of hydrogen-bond acceptors (Lipinski definition) is 4. The maximum absolute atomic E-state index is 12.2. The zero-order valence-electron chi connectivity index (χ0n) is 14.8. The third kappa shape index (κ3) is 5.01. The Morgan fingerprint density at radius 1 is 1.08 bits per heavy atom. The van der Waals surface area contributed by atoms with E-state index >= 15 is 0 Å². The highest BCUT2D eigenvalue weighted by Gasteiger charge is 2.10. The molecule has 4 heteroatoms. The zero-order valence-corrected chi connectivity index (χ0v) is 14.8. The summed E-state index contributed by atoms with van der Waals surface area (Å²) in [6.45, 7) is 6.96. The standard InChI is InChI=1S/C20H25NO3/c1-14(2)11-12-23-17-7-5-16(6-8-17)20(22)24-18-9-10-19(21-4)15(3)13-18/h5-10,13-14,21H,11-12H2,1-4H3. The predicted octanol–water partition coefficient (Wildman–Crippen LogP) is 4.68. The monoisotopic (exact) mass is 327 g/mol. The van der Waals surface area contributed by atoms with Crippen LogP contribution < -0.4 is 14.8 Å². The molecule has 0 bridgehead atoms. The van der Waals surface area contributed by atoms with E-state index in [0.717, 1.165) is 23.4 Å². The van der Waals surface area contributed by atoms with Gasteiger partial charge in [0, 0.05) is 12.7 Å². The number of aryl methyl sites for hydroxylation is 1. The Bertz CT molecular complexity index is 678. The molecule has 0 saturated carbocycles. The van der Waals surface area contributed by atoms with Crippen molar-refractivity contribution in [2.24, 2.45) is 5.92 Å². The van der Waals surface area contributed by atoms with Crippen LogP contribution in [0, 0.1) is 12.8 Å². The van der Waals surface area contributed by atoms with Crippen LogP contribution in [0.3, 0.4) is 0 Å². The number of hydrogen-bond donors (Lipinski definition) is 1. The van der Waals surface area contributed by atoms with Crippen molar-refractivity contribution in [2.45, 2.75) is 27.2 Å². The van der Waals surface area contributed by atoms with Crippen LogP contribution in [0.15, 0.2) is 42.5 Å². The fourth-order valence-electron chi connectivity index (χ4n) is 2.25. The van der Waals surface area contributed by atoms with Crippen LogP contribution in [0.25, 0.3) is 0 Å². The molecular formula is C20H25NO3. The molecule has 0 atom stereocenters. The van der Waals surface area contributed by atoms with E-state index in [1.165, 1.54) is 0 Å². The van der Waals surface area contributed by atoms with E-state index in [-0.39, 0.29) is 5.97 Å². The molecule has 0 unspecified atom stereocenters. The average molecular weight is 327 g/mol. The lowest BCUT2D eigenvalue weighted by Gasteiger charge is -2.10. The second-order valence-electron chi connectivity index (χ2n) is 6.17. The molecule has 0 aliphatic rings. The summed E-state index contributed by atoms with van der Waals surface area (Å²) in [5, 5.41) is 3.08. The molecular weight excluding hydrogens is 302 g/mol. The van der Waals surface area contributed by atoms with Crippen LogP contribution in [0.1, 0.15) is 36.2 Å². The van der Waals surface area contributed by atoms with Gasteiger partial charge in [-0.05, 0) is 67.3 Å². The summed E-state index contributed by atoms with van der Waals surface area (Å²) in [6, 6.07) is 12.6. The number of anilines is 1. The summed E-state index contributed by atoms with van der Waals surface area (Å²) in [5.41, 5.74) is 2.54. The summed E-state index contributed by atoms with van der Waals surface area (Å²) in [6.07, 6.45) is 1.01. The van der Waals surface area contributed by atoms with Gasteiger partial charge in [-0.2, -0.15) is 0 Å². The molecule has 2 rings (SSSR count). The van der Waals surface area contributed by atoms with E-state index in [2.05, 4.69) is 19.2 Å². The molecule has 0 amide bonds. The normalized spacial score (nSPS) is 10.5. The first-order valence-electron chi connectivity index (χ1n) is 8.23. The van der Waals surface area contributed by atoms with Gasteiger partial charge < -0.3 is 14.8 Å². The molecule has 2 aromatic carbocycles. The Morgan fingerprint density at radius 2 is 1.75 bits per heavy atom. The lowest BCUT2D eigenvalue weighted by Crippen LogP contribution is -2.09. The third-order valence-electron chi connectivity index (χ3n) is 3.73. The topological polar surface area (TPSA) is 47.6 Å². The fraction of sp³-hybridized carbons (Fsp3) is 0.350. The average Bonchev–Trinajstić information content (AvgIpc) is 2.55. The molecule has 0 spiro atoms. The fourth-order valence-corrected chi connectivity index (χ4v) is 2.25. The lowest BCUT2D eigenvalue weighted by molar-refractivity contribution is 0.0734. The van der Waals surface area contributed by atoms with Gasteiger partial charge in [0.1, 0.15) is 11.5 Å². The van der Waals surface area contributed by atoms with Crippen molar-refractivity contribution in [3.05, 3.63) is 53.6 Å². The van der Waals surface area contributed by atoms with Gasteiger partial charge in [-0.3, -0.25) is 0 Å². The van der Waals surface area contributed by atoms with Gasteiger partial charge in [-0.1, -0.05) is 13.8 Å². The van der Waals surface area contributed by atoms with Crippen molar-refractivity contribution in [1.82, 2.24) is 0 Å². The van der Waals surface area contributed by atoms with Crippen molar-refractivity contribution in [3.8, 4) is 11.5 Å². The van der Waals surface area contributed by atoms with Crippen LogP contribution in [0.2, 0.25) is 0 Å². The molecule has 0 aliphatic heterocycles. The van der Waals surface area contributed by atoms with E-state index in [1.807, 2.05) is 26.1 Å². The maximum atomic E-state index is 12.2. The van der Waals surface area contributed by atoms with E-state index < -0.39 is 0 Å². The Hall–Kier alpha value is -2.49. The minimum absolute atomic E-state index is 0.375. The molecule has 2 aromatic rings. The van der Waals surface area contributed by atoms with Crippen LogP contribution in [-0.2, 0) is 0 Å². The van der Waals surface area contributed by atoms with Gasteiger partial charge in [0.2, 0.25) is 0 Å². The summed E-state index contributed by atoms with van der Waals surface area (Å²) in [4.78, 5) is 12.2. The lowest BCUT2D eigenvalue weighted by atomic mass is 10.1. The van der Waals surface area contributed by atoms with Crippen molar-refractivity contribution >= 4 is 11.7 Å². The highest BCUT2D eigenvalue weighted by molar-refractivity contribution is 5.91. The second kappa shape index (κ2) is 8.39. The zero-order chi connectivity index (χ0) is 17.5. The van der Waals surface area contributed by atoms with Gasteiger partial charge in [-0.25, -0.2) is 4.79 Å². The van der Waals surface area contributed by atoms with Crippen LogP contribution in [0.5, 0.6) is 11.5 Å². The van der Waals surface area contributed by atoms with E-state index in [4.69, 9.17) is 9.47 Å². The van der Waals surface area contributed by atoms with Crippen LogP contribution in [-0.4, -0.2) is 19.6 Å². The molecule has 4 nitrogen and oxygen atoms in total. The smallest absolute Gasteiger partial charge is 0.343 e. The van der Waals surface area contributed by atoms with Gasteiger partial charge in [0.25, 0.3) is 0 Å². The van der Waals surface area contributed by atoms with Gasteiger partial charge >= 0.3 is 5.97 Å². The Labute approximate surface area is 143 Å². The molecule has 0 fully saturated rings. The summed E-state index contributed by atoms with van der Waals surface area (Å²) in [5.74, 6) is 1.53. The molecule has 0 heterocycles. The molecule has 0 aromatic heterocycles. The van der Waals surface area contributed by atoms with Crippen LogP contribution in [0.4, 0.5) is 5.69 Å². The first-order valence-corrected chi connectivity index (χ1v) is 8.23. The maximum Gasteiger partial charge on any atom is 0.343 e. The highest BCUT2D eigenvalue weighted by Crippen LogP contribution is 2.22. The van der Waals surface area contributed by atoms with E-state index in [0.29, 0.717) is 23.8 Å².